The molecule has 0 fully saturated rings. The third-order valence-corrected chi connectivity index (χ3v) is 5.51. The minimum absolute atomic E-state index is 0.0173. The van der Waals surface area contributed by atoms with Crippen molar-refractivity contribution in [1.82, 2.24) is 9.38 Å². The summed E-state index contributed by atoms with van der Waals surface area (Å²) in [5, 5.41) is 19.0. The van der Waals surface area contributed by atoms with Gasteiger partial charge in [-0.25, -0.2) is 14.6 Å². The number of hydrogen-bond acceptors (Lipinski definition) is 5. The Morgan fingerprint density at radius 3 is 2.56 bits per heavy atom. The van der Waals surface area contributed by atoms with Crippen molar-refractivity contribution in [2.75, 3.05) is 7.11 Å². The van der Waals surface area contributed by atoms with Crippen LogP contribution in [0.4, 0.5) is 0 Å². The summed E-state index contributed by atoms with van der Waals surface area (Å²) in [5.74, 6) is -3.18. The molecule has 0 aliphatic carbocycles. The number of nitrogens with zero attached hydrogens (tertiary/aromatic N) is 2. The predicted octanol–water partition coefficient (Wildman–Crippen LogP) is 3.23. The van der Waals surface area contributed by atoms with Gasteiger partial charge in [-0.05, 0) is 18.2 Å². The number of ether oxygens (including phenoxy) is 1. The number of para-hydroxylation sites is 1. The largest absolute Gasteiger partial charge is 0.478 e. The van der Waals surface area contributed by atoms with Crippen LogP contribution in [0.1, 0.15) is 5.56 Å². The van der Waals surface area contributed by atoms with Gasteiger partial charge in [0.25, 0.3) is 5.60 Å². The van der Waals surface area contributed by atoms with Crippen LogP contribution in [0.3, 0.4) is 0 Å². The standard InChI is InChI=1S/C19H14N2O5S/c1-26-19(16(22)23,17(24)25)12-6-4-5-11(9-12)13-10-21-14-7-2-3-8-15(14)27-18(21)20-13/h2-10H,1H3,(H,22,23)(H,24,25). The zero-order valence-electron chi connectivity index (χ0n) is 14.1. The van der Waals surface area contributed by atoms with Crippen LogP contribution in [0.5, 0.6) is 0 Å². The van der Waals surface area contributed by atoms with Crippen molar-refractivity contribution in [3.8, 4) is 11.3 Å². The van der Waals surface area contributed by atoms with Crippen molar-refractivity contribution in [2.24, 2.45) is 0 Å². The average molecular weight is 382 g/mol. The highest BCUT2D eigenvalue weighted by molar-refractivity contribution is 7.23. The number of thiazole rings is 1. The molecule has 136 valence electrons. The zero-order chi connectivity index (χ0) is 19.2. The monoisotopic (exact) mass is 382 g/mol. The molecule has 0 aliphatic heterocycles. The van der Waals surface area contributed by atoms with Crippen LogP contribution in [-0.4, -0.2) is 38.6 Å². The molecule has 2 N–H and O–H groups in total. The average Bonchev–Trinajstić information content (AvgIpc) is 3.20. The van der Waals surface area contributed by atoms with Crippen molar-refractivity contribution in [1.29, 1.82) is 0 Å². The third-order valence-electron chi connectivity index (χ3n) is 4.47. The second-order valence-electron chi connectivity index (χ2n) is 5.92. The van der Waals surface area contributed by atoms with E-state index in [2.05, 4.69) is 4.98 Å². The first-order valence-corrected chi connectivity index (χ1v) is 8.78. The molecule has 27 heavy (non-hydrogen) atoms. The Balaban J connectivity index is 1.86. The lowest BCUT2D eigenvalue weighted by Crippen LogP contribution is -2.45. The summed E-state index contributed by atoms with van der Waals surface area (Å²) in [6.45, 7) is 0. The molecule has 0 unspecified atom stereocenters. The van der Waals surface area contributed by atoms with Crippen LogP contribution < -0.4 is 0 Å². The number of rotatable bonds is 5. The number of imidazole rings is 1. The number of aromatic nitrogens is 2. The molecule has 2 heterocycles. The summed E-state index contributed by atoms with van der Waals surface area (Å²) >= 11 is 1.54. The van der Waals surface area contributed by atoms with E-state index in [0.717, 1.165) is 22.3 Å². The molecule has 0 radical (unpaired) electrons. The third kappa shape index (κ3) is 2.49. The molecule has 2 aromatic carbocycles. The smallest absolute Gasteiger partial charge is 0.352 e. The van der Waals surface area contributed by atoms with Crippen molar-refractivity contribution >= 4 is 38.5 Å². The van der Waals surface area contributed by atoms with E-state index in [1.807, 2.05) is 34.9 Å². The first-order valence-electron chi connectivity index (χ1n) is 7.97. The van der Waals surface area contributed by atoms with E-state index in [9.17, 15) is 19.8 Å². The Bertz CT molecular complexity index is 1180. The van der Waals surface area contributed by atoms with Gasteiger partial charge in [-0.1, -0.05) is 41.7 Å². The number of carbonyl (C=O) groups is 2. The van der Waals surface area contributed by atoms with Gasteiger partial charge in [0.15, 0.2) is 4.96 Å². The zero-order valence-corrected chi connectivity index (χ0v) is 14.9. The fourth-order valence-electron chi connectivity index (χ4n) is 3.12. The summed E-state index contributed by atoms with van der Waals surface area (Å²) in [5.41, 5.74) is -0.204. The van der Waals surface area contributed by atoms with Crippen LogP contribution in [0.15, 0.2) is 54.7 Å². The van der Waals surface area contributed by atoms with Crippen LogP contribution in [-0.2, 0) is 19.9 Å². The van der Waals surface area contributed by atoms with E-state index in [-0.39, 0.29) is 5.56 Å². The van der Waals surface area contributed by atoms with E-state index in [4.69, 9.17) is 4.74 Å². The second kappa shape index (κ2) is 6.19. The number of hydrogen-bond donors (Lipinski definition) is 2. The Morgan fingerprint density at radius 2 is 1.85 bits per heavy atom. The predicted molar refractivity (Wildman–Crippen MR) is 100.0 cm³/mol. The Kier molecular flexibility index (Phi) is 3.94. The van der Waals surface area contributed by atoms with Gasteiger partial charge in [0, 0.05) is 24.4 Å². The maximum Gasteiger partial charge on any atom is 0.352 e. The first-order chi connectivity index (χ1) is 13.0. The van der Waals surface area contributed by atoms with Gasteiger partial charge in [-0.15, -0.1) is 0 Å². The summed E-state index contributed by atoms with van der Waals surface area (Å²) in [6, 6.07) is 14.2. The molecule has 7 nitrogen and oxygen atoms in total. The van der Waals surface area contributed by atoms with Gasteiger partial charge in [0.1, 0.15) is 0 Å². The van der Waals surface area contributed by atoms with E-state index < -0.39 is 17.5 Å². The highest BCUT2D eigenvalue weighted by atomic mass is 32.1. The van der Waals surface area contributed by atoms with Gasteiger partial charge in [-0.2, -0.15) is 0 Å². The van der Waals surface area contributed by atoms with Gasteiger partial charge < -0.3 is 14.9 Å². The maximum atomic E-state index is 11.7. The lowest BCUT2D eigenvalue weighted by molar-refractivity contribution is -0.181. The summed E-state index contributed by atoms with van der Waals surface area (Å²) in [7, 11) is 1.06. The molecule has 8 heteroatoms. The van der Waals surface area contributed by atoms with Crippen LogP contribution in [0, 0.1) is 0 Å². The fourth-order valence-corrected chi connectivity index (χ4v) is 4.12. The Labute approximate surface area is 157 Å². The molecular formula is C19H14N2O5S. The number of carboxylic acid groups (broad SMARTS) is 2. The normalized spacial score (nSPS) is 11.9. The van der Waals surface area contributed by atoms with Crippen LogP contribution in [0.2, 0.25) is 0 Å². The van der Waals surface area contributed by atoms with Gasteiger partial charge in [0.2, 0.25) is 0 Å². The maximum absolute atomic E-state index is 11.7. The van der Waals surface area contributed by atoms with Crippen molar-refractivity contribution in [3.05, 3.63) is 60.3 Å². The van der Waals surface area contributed by atoms with E-state index >= 15 is 0 Å². The molecule has 0 spiro atoms. The molecule has 0 saturated carbocycles. The molecule has 4 rings (SSSR count). The molecule has 0 bridgehead atoms. The lowest BCUT2D eigenvalue weighted by Gasteiger charge is -2.23. The SMILES string of the molecule is COC(C(=O)O)(C(=O)O)c1cccc(-c2cn3c(n2)sc2ccccc23)c1. The second-order valence-corrected chi connectivity index (χ2v) is 6.93. The summed E-state index contributed by atoms with van der Waals surface area (Å²) in [4.78, 5) is 28.7. The van der Waals surface area contributed by atoms with Gasteiger partial charge in [-0.3, -0.25) is 4.40 Å². The number of benzene rings is 2. The number of methoxy groups -OCH3 is 1. The highest BCUT2D eigenvalue weighted by Crippen LogP contribution is 2.32. The van der Waals surface area contributed by atoms with Crippen molar-refractivity contribution in [2.45, 2.75) is 5.60 Å². The molecule has 0 amide bonds. The molecule has 0 saturated heterocycles. The number of aliphatic carboxylic acids is 2. The molecule has 2 aromatic heterocycles. The van der Waals surface area contributed by atoms with E-state index in [1.54, 1.807) is 23.5 Å². The summed E-state index contributed by atoms with van der Waals surface area (Å²) in [6.07, 6.45) is 1.85. The highest BCUT2D eigenvalue weighted by Gasteiger charge is 2.49. The number of carboxylic acids is 2. The quantitative estimate of drug-likeness (QED) is 0.514. The number of fused-ring (bicyclic) bond motifs is 3. The molecule has 0 atom stereocenters. The first kappa shape index (κ1) is 17.2. The lowest BCUT2D eigenvalue weighted by atomic mass is 9.92. The summed E-state index contributed by atoms with van der Waals surface area (Å²) < 4.78 is 7.98. The Hall–Kier alpha value is -3.23. The van der Waals surface area contributed by atoms with Crippen molar-refractivity contribution < 1.29 is 24.5 Å². The molecule has 0 aliphatic rings. The van der Waals surface area contributed by atoms with Crippen molar-refractivity contribution in [3.63, 3.8) is 0 Å². The topological polar surface area (TPSA) is 101 Å². The minimum Gasteiger partial charge on any atom is -0.478 e. The minimum atomic E-state index is -2.47. The Morgan fingerprint density at radius 1 is 1.11 bits per heavy atom. The fraction of sp³-hybridized carbons (Fsp3) is 0.105. The van der Waals surface area contributed by atoms with Crippen LogP contribution >= 0.6 is 11.3 Å². The van der Waals surface area contributed by atoms with Gasteiger partial charge >= 0.3 is 11.9 Å². The van der Waals surface area contributed by atoms with Crippen LogP contribution in [0.25, 0.3) is 26.4 Å². The van der Waals surface area contributed by atoms with E-state index in [0.29, 0.717) is 11.3 Å². The molecule has 4 aromatic rings. The molecular weight excluding hydrogens is 368 g/mol. The van der Waals surface area contributed by atoms with E-state index in [1.165, 1.54) is 12.1 Å². The van der Waals surface area contributed by atoms with Gasteiger partial charge in [0.05, 0.1) is 15.9 Å².